The first kappa shape index (κ1) is 15.7. The zero-order chi connectivity index (χ0) is 15.8. The number of nitrogens with two attached hydrogens (primary N) is 1. The van der Waals surface area contributed by atoms with Gasteiger partial charge in [-0.2, -0.15) is 0 Å². The summed E-state index contributed by atoms with van der Waals surface area (Å²) in [6.07, 6.45) is 0. The van der Waals surface area contributed by atoms with Crippen molar-refractivity contribution in [2.24, 2.45) is 10.7 Å². The van der Waals surface area contributed by atoms with Gasteiger partial charge in [0.05, 0.1) is 13.7 Å². The molecule has 0 aromatic heterocycles. The Morgan fingerprint density at radius 1 is 1.14 bits per heavy atom. The molecule has 0 radical (unpaired) electrons. The summed E-state index contributed by atoms with van der Waals surface area (Å²) in [4.78, 5) is 4.23. The Bertz CT molecular complexity index is 624. The molecule has 2 rings (SSSR count). The van der Waals surface area contributed by atoms with E-state index in [4.69, 9.17) is 15.2 Å². The van der Waals surface area contributed by atoms with Gasteiger partial charge in [-0.1, -0.05) is 23.8 Å². The molecule has 0 saturated carbocycles. The molecule has 3 N–H and O–H groups in total. The van der Waals surface area contributed by atoms with Crippen LogP contribution in [0.4, 0.5) is 5.69 Å². The lowest BCUT2D eigenvalue weighted by Crippen LogP contribution is -2.23. The first-order valence-corrected chi connectivity index (χ1v) is 7.08. The molecule has 0 unspecified atom stereocenters. The van der Waals surface area contributed by atoms with E-state index in [2.05, 4.69) is 10.3 Å². The van der Waals surface area contributed by atoms with Crippen LogP contribution in [-0.4, -0.2) is 26.2 Å². The SMILES string of the molecule is COc1cccc(NC(N)=NCCOc2ccc(C)cc2)c1. The van der Waals surface area contributed by atoms with Gasteiger partial charge in [0.15, 0.2) is 5.96 Å². The highest BCUT2D eigenvalue weighted by Gasteiger charge is 1.98. The van der Waals surface area contributed by atoms with Crippen molar-refractivity contribution in [1.29, 1.82) is 0 Å². The Balaban J connectivity index is 1.78. The maximum atomic E-state index is 5.84. The lowest BCUT2D eigenvalue weighted by atomic mass is 10.2. The summed E-state index contributed by atoms with van der Waals surface area (Å²) < 4.78 is 10.7. The van der Waals surface area contributed by atoms with Gasteiger partial charge in [-0.25, -0.2) is 4.99 Å². The van der Waals surface area contributed by atoms with Crippen LogP contribution in [0.3, 0.4) is 0 Å². The fourth-order valence-corrected chi connectivity index (χ4v) is 1.85. The molecule has 5 heteroatoms. The van der Waals surface area contributed by atoms with E-state index < -0.39 is 0 Å². The quantitative estimate of drug-likeness (QED) is 0.489. The van der Waals surface area contributed by atoms with Crippen LogP contribution in [-0.2, 0) is 0 Å². The molecule has 2 aromatic rings. The Hall–Kier alpha value is -2.69. The number of guanidine groups is 1. The minimum absolute atomic E-state index is 0.348. The third-order valence-corrected chi connectivity index (χ3v) is 3.01. The molecule has 0 fully saturated rings. The molecule has 0 aliphatic rings. The molecule has 0 bridgehead atoms. The van der Waals surface area contributed by atoms with Crippen LogP contribution in [0.25, 0.3) is 0 Å². The first-order valence-electron chi connectivity index (χ1n) is 7.08. The zero-order valence-electron chi connectivity index (χ0n) is 12.9. The van der Waals surface area contributed by atoms with Crippen molar-refractivity contribution >= 4 is 11.6 Å². The van der Waals surface area contributed by atoms with Gasteiger partial charge in [-0.3, -0.25) is 0 Å². The molecule has 2 aromatic carbocycles. The van der Waals surface area contributed by atoms with Crippen molar-refractivity contribution in [3.05, 3.63) is 54.1 Å². The Morgan fingerprint density at radius 3 is 2.64 bits per heavy atom. The van der Waals surface area contributed by atoms with Crippen LogP contribution in [0.1, 0.15) is 5.56 Å². The van der Waals surface area contributed by atoms with Gasteiger partial charge in [0.1, 0.15) is 18.1 Å². The maximum Gasteiger partial charge on any atom is 0.193 e. The number of hydrogen-bond acceptors (Lipinski definition) is 3. The number of nitrogens with zero attached hydrogens (tertiary/aromatic N) is 1. The standard InChI is InChI=1S/C17H21N3O2/c1-13-6-8-15(9-7-13)22-11-10-19-17(18)20-14-4-3-5-16(12-14)21-2/h3-9,12H,10-11H2,1-2H3,(H3,18,19,20). The molecule has 0 spiro atoms. The topological polar surface area (TPSA) is 68.9 Å². The van der Waals surface area contributed by atoms with Gasteiger partial charge in [0.2, 0.25) is 0 Å². The fourth-order valence-electron chi connectivity index (χ4n) is 1.85. The second-order valence-electron chi connectivity index (χ2n) is 4.79. The number of rotatable bonds is 6. The molecule has 0 amide bonds. The molecule has 0 heterocycles. The van der Waals surface area contributed by atoms with E-state index in [1.807, 2.05) is 55.5 Å². The zero-order valence-corrected chi connectivity index (χ0v) is 12.9. The summed E-state index contributed by atoms with van der Waals surface area (Å²) in [6.45, 7) is 3.00. The lowest BCUT2D eigenvalue weighted by Gasteiger charge is -2.08. The molecule has 5 nitrogen and oxygen atoms in total. The van der Waals surface area contributed by atoms with E-state index in [9.17, 15) is 0 Å². The summed E-state index contributed by atoms with van der Waals surface area (Å²) >= 11 is 0. The highest BCUT2D eigenvalue weighted by molar-refractivity contribution is 5.92. The van der Waals surface area contributed by atoms with Crippen molar-refractivity contribution in [2.45, 2.75) is 6.92 Å². The van der Waals surface area contributed by atoms with Crippen molar-refractivity contribution in [3.63, 3.8) is 0 Å². The third kappa shape index (κ3) is 5.01. The minimum Gasteiger partial charge on any atom is -0.497 e. The van der Waals surface area contributed by atoms with Gasteiger partial charge in [0, 0.05) is 11.8 Å². The maximum absolute atomic E-state index is 5.84. The summed E-state index contributed by atoms with van der Waals surface area (Å²) in [5.41, 5.74) is 7.88. The monoisotopic (exact) mass is 299 g/mol. The van der Waals surface area contributed by atoms with Gasteiger partial charge in [-0.05, 0) is 31.2 Å². The number of methoxy groups -OCH3 is 1. The van der Waals surface area contributed by atoms with Crippen molar-refractivity contribution in [2.75, 3.05) is 25.6 Å². The van der Waals surface area contributed by atoms with Gasteiger partial charge in [-0.15, -0.1) is 0 Å². The number of hydrogen-bond donors (Lipinski definition) is 2. The van der Waals surface area contributed by atoms with Gasteiger partial charge >= 0.3 is 0 Å². The molecule has 0 aliphatic carbocycles. The fraction of sp³-hybridized carbons (Fsp3) is 0.235. The Labute approximate surface area is 130 Å². The van der Waals surface area contributed by atoms with Crippen molar-refractivity contribution < 1.29 is 9.47 Å². The second kappa shape index (κ2) is 7.93. The van der Waals surface area contributed by atoms with E-state index in [0.29, 0.717) is 19.1 Å². The van der Waals surface area contributed by atoms with Gasteiger partial charge < -0.3 is 20.5 Å². The predicted molar refractivity (Wildman–Crippen MR) is 89.8 cm³/mol. The number of aliphatic imine (C=N–C) groups is 1. The predicted octanol–water partition coefficient (Wildman–Crippen LogP) is 2.81. The summed E-state index contributed by atoms with van der Waals surface area (Å²) in [6, 6.07) is 15.4. The molecule has 0 atom stereocenters. The summed E-state index contributed by atoms with van der Waals surface area (Å²) in [7, 11) is 1.62. The number of aryl methyl sites for hydroxylation is 1. The molecule has 0 saturated heterocycles. The number of benzene rings is 2. The van der Waals surface area contributed by atoms with Crippen LogP contribution in [0.5, 0.6) is 11.5 Å². The first-order chi connectivity index (χ1) is 10.7. The van der Waals surface area contributed by atoms with E-state index in [1.165, 1.54) is 5.56 Å². The molecular weight excluding hydrogens is 278 g/mol. The second-order valence-corrected chi connectivity index (χ2v) is 4.79. The lowest BCUT2D eigenvalue weighted by molar-refractivity contribution is 0.328. The minimum atomic E-state index is 0.348. The highest BCUT2D eigenvalue weighted by atomic mass is 16.5. The summed E-state index contributed by atoms with van der Waals surface area (Å²) in [5, 5.41) is 3.01. The molecule has 116 valence electrons. The van der Waals surface area contributed by atoms with E-state index in [0.717, 1.165) is 17.2 Å². The van der Waals surface area contributed by atoms with E-state index >= 15 is 0 Å². The molecule has 22 heavy (non-hydrogen) atoms. The van der Waals surface area contributed by atoms with Crippen molar-refractivity contribution in [3.8, 4) is 11.5 Å². The van der Waals surface area contributed by atoms with Crippen molar-refractivity contribution in [1.82, 2.24) is 0 Å². The van der Waals surface area contributed by atoms with Crippen LogP contribution in [0, 0.1) is 6.92 Å². The largest absolute Gasteiger partial charge is 0.497 e. The smallest absolute Gasteiger partial charge is 0.193 e. The Morgan fingerprint density at radius 2 is 1.91 bits per heavy atom. The van der Waals surface area contributed by atoms with E-state index in [1.54, 1.807) is 7.11 Å². The average Bonchev–Trinajstić information content (AvgIpc) is 2.53. The number of nitrogens with one attached hydrogen (secondary N) is 1. The molecule has 0 aliphatic heterocycles. The normalized spacial score (nSPS) is 11.1. The highest BCUT2D eigenvalue weighted by Crippen LogP contribution is 2.16. The number of ether oxygens (including phenoxy) is 2. The van der Waals surface area contributed by atoms with Crippen LogP contribution in [0.15, 0.2) is 53.5 Å². The summed E-state index contributed by atoms with van der Waals surface area (Å²) in [5.74, 6) is 1.95. The van der Waals surface area contributed by atoms with Gasteiger partial charge in [0.25, 0.3) is 0 Å². The van der Waals surface area contributed by atoms with Crippen LogP contribution < -0.4 is 20.5 Å². The van der Waals surface area contributed by atoms with E-state index in [-0.39, 0.29) is 0 Å². The van der Waals surface area contributed by atoms with Crippen LogP contribution in [0.2, 0.25) is 0 Å². The average molecular weight is 299 g/mol. The number of anilines is 1. The molecular formula is C17H21N3O2. The van der Waals surface area contributed by atoms with Crippen LogP contribution >= 0.6 is 0 Å². The third-order valence-electron chi connectivity index (χ3n) is 3.01. The Kier molecular flexibility index (Phi) is 5.65.